The number of aromatic nitrogens is 4. The Morgan fingerprint density at radius 1 is 0.966 bits per heavy atom. The molecule has 2 N–H and O–H groups in total. The van der Waals surface area contributed by atoms with Crippen molar-refractivity contribution in [2.75, 3.05) is 7.05 Å². The van der Waals surface area contributed by atoms with E-state index in [-0.39, 0.29) is 11.7 Å². The van der Waals surface area contributed by atoms with E-state index in [1.54, 1.807) is 48.7 Å². The van der Waals surface area contributed by atoms with Gasteiger partial charge in [-0.15, -0.1) is 0 Å². The van der Waals surface area contributed by atoms with Crippen LogP contribution in [0.3, 0.4) is 0 Å². The number of hydrogen-bond donors (Lipinski definition) is 2. The van der Waals surface area contributed by atoms with Crippen molar-refractivity contribution in [2.24, 2.45) is 0 Å². The Labute approximate surface area is 167 Å². The molecule has 0 saturated heterocycles. The number of H-pyrrole nitrogens is 2. The molecular weight excluding hydrogens is 366 g/mol. The van der Waals surface area contributed by atoms with Crippen LogP contribution in [-0.2, 0) is 6.54 Å². The quantitative estimate of drug-likeness (QED) is 0.498. The summed E-state index contributed by atoms with van der Waals surface area (Å²) in [7, 11) is 1.75. The van der Waals surface area contributed by atoms with Crippen LogP contribution in [0.5, 0.6) is 0 Å². The monoisotopic (exact) mass is 385 g/mol. The molecule has 0 spiro atoms. The maximum atomic E-state index is 12.8. The lowest BCUT2D eigenvalue weighted by Crippen LogP contribution is -2.26. The third kappa shape index (κ3) is 3.98. The molecule has 4 aromatic rings. The molecule has 2 aromatic carbocycles. The molecule has 7 nitrogen and oxygen atoms in total. The van der Waals surface area contributed by atoms with Gasteiger partial charge in [0.25, 0.3) is 5.91 Å². The third-order valence-corrected chi connectivity index (χ3v) is 4.62. The number of carbonyl (C=O) groups excluding carboxylic acids is 2. The Morgan fingerprint density at radius 2 is 1.79 bits per heavy atom. The van der Waals surface area contributed by atoms with Gasteiger partial charge in [-0.05, 0) is 29.3 Å². The van der Waals surface area contributed by atoms with Gasteiger partial charge in [0.15, 0.2) is 5.82 Å². The number of aromatic amines is 2. The van der Waals surface area contributed by atoms with Crippen LogP contribution in [-0.4, -0.2) is 43.8 Å². The smallest absolute Gasteiger partial charge is 0.253 e. The van der Waals surface area contributed by atoms with E-state index in [9.17, 15) is 9.59 Å². The van der Waals surface area contributed by atoms with Crippen LogP contribution in [0.25, 0.3) is 11.1 Å². The van der Waals surface area contributed by atoms with E-state index in [1.807, 2.05) is 36.4 Å². The maximum absolute atomic E-state index is 12.8. The Balaban J connectivity index is 1.52. The van der Waals surface area contributed by atoms with Gasteiger partial charge in [-0.2, -0.15) is 5.10 Å². The van der Waals surface area contributed by atoms with Gasteiger partial charge < -0.3 is 9.88 Å². The standard InChI is InChI=1S/C22H19N5O2/c1-27(14-19-9-10-25-26-19)22(29)18-4-2-3-17(13-18)15-5-7-16(8-6-15)20(28)21-23-11-12-24-21/h2-13H,14H2,1H3,(H,23,24)(H,25,26). The number of amides is 1. The fourth-order valence-corrected chi connectivity index (χ4v) is 3.09. The van der Waals surface area contributed by atoms with Crippen molar-refractivity contribution in [1.29, 1.82) is 0 Å². The van der Waals surface area contributed by atoms with Gasteiger partial charge in [-0.3, -0.25) is 14.7 Å². The molecule has 29 heavy (non-hydrogen) atoms. The molecule has 0 aliphatic rings. The Bertz CT molecular complexity index is 1120. The Hall–Kier alpha value is -4.00. The van der Waals surface area contributed by atoms with E-state index >= 15 is 0 Å². The fourth-order valence-electron chi connectivity index (χ4n) is 3.09. The number of rotatable bonds is 6. The highest BCUT2D eigenvalue weighted by atomic mass is 16.2. The molecule has 0 saturated carbocycles. The first-order chi connectivity index (χ1) is 14.1. The average Bonchev–Trinajstić information content (AvgIpc) is 3.47. The molecule has 0 fully saturated rings. The molecule has 0 radical (unpaired) electrons. The second-order valence-corrected chi connectivity index (χ2v) is 6.67. The highest BCUT2D eigenvalue weighted by molar-refractivity contribution is 6.06. The third-order valence-electron chi connectivity index (χ3n) is 4.62. The van der Waals surface area contributed by atoms with Crippen molar-refractivity contribution in [3.8, 4) is 11.1 Å². The molecule has 144 valence electrons. The van der Waals surface area contributed by atoms with Crippen molar-refractivity contribution >= 4 is 11.7 Å². The number of ketones is 1. The lowest BCUT2D eigenvalue weighted by molar-refractivity contribution is 0.0783. The summed E-state index contributed by atoms with van der Waals surface area (Å²) >= 11 is 0. The number of nitrogens with zero attached hydrogens (tertiary/aromatic N) is 3. The van der Waals surface area contributed by atoms with Crippen LogP contribution in [0, 0.1) is 0 Å². The Morgan fingerprint density at radius 3 is 2.48 bits per heavy atom. The van der Waals surface area contributed by atoms with Crippen LogP contribution < -0.4 is 0 Å². The molecule has 7 heteroatoms. The second-order valence-electron chi connectivity index (χ2n) is 6.67. The number of hydrogen-bond acceptors (Lipinski definition) is 4. The van der Waals surface area contributed by atoms with Gasteiger partial charge >= 0.3 is 0 Å². The summed E-state index contributed by atoms with van der Waals surface area (Å²) in [6.07, 6.45) is 4.83. The zero-order valence-corrected chi connectivity index (χ0v) is 15.8. The summed E-state index contributed by atoms with van der Waals surface area (Å²) in [6.45, 7) is 0.451. The summed E-state index contributed by atoms with van der Waals surface area (Å²) in [5, 5.41) is 6.76. The second kappa shape index (κ2) is 7.93. The zero-order valence-electron chi connectivity index (χ0n) is 15.8. The molecule has 4 rings (SSSR count). The van der Waals surface area contributed by atoms with E-state index in [0.717, 1.165) is 16.8 Å². The molecule has 2 heterocycles. The first-order valence-electron chi connectivity index (χ1n) is 9.10. The lowest BCUT2D eigenvalue weighted by atomic mass is 10.00. The van der Waals surface area contributed by atoms with E-state index in [0.29, 0.717) is 23.5 Å². The SMILES string of the molecule is CN(Cc1ccn[nH]1)C(=O)c1cccc(-c2ccc(C(=O)c3ncc[nH]3)cc2)c1. The van der Waals surface area contributed by atoms with E-state index in [2.05, 4.69) is 20.2 Å². The molecular formula is C22H19N5O2. The minimum Gasteiger partial charge on any atom is -0.342 e. The van der Waals surface area contributed by atoms with Gasteiger partial charge in [-0.25, -0.2) is 4.98 Å². The minimum absolute atomic E-state index is 0.0777. The largest absolute Gasteiger partial charge is 0.342 e. The van der Waals surface area contributed by atoms with Crippen LogP contribution in [0.2, 0.25) is 0 Å². The van der Waals surface area contributed by atoms with E-state index in [4.69, 9.17) is 0 Å². The van der Waals surface area contributed by atoms with Gasteiger partial charge in [0.1, 0.15) is 0 Å². The van der Waals surface area contributed by atoms with E-state index < -0.39 is 0 Å². The van der Waals surface area contributed by atoms with E-state index in [1.165, 1.54) is 0 Å². The highest BCUT2D eigenvalue weighted by Crippen LogP contribution is 2.22. The number of imidazole rings is 1. The summed E-state index contributed by atoms with van der Waals surface area (Å²) in [6, 6.07) is 16.6. The molecule has 0 bridgehead atoms. The van der Waals surface area contributed by atoms with Gasteiger partial charge in [0, 0.05) is 36.8 Å². The summed E-state index contributed by atoms with van der Waals surface area (Å²) in [4.78, 5) is 33.6. The van der Waals surface area contributed by atoms with Crippen LogP contribution in [0.1, 0.15) is 32.2 Å². The predicted octanol–water partition coefficient (Wildman–Crippen LogP) is 3.30. The maximum Gasteiger partial charge on any atom is 0.253 e. The van der Waals surface area contributed by atoms with Crippen molar-refractivity contribution in [2.45, 2.75) is 6.54 Å². The topological polar surface area (TPSA) is 94.7 Å². The number of nitrogens with one attached hydrogen (secondary N) is 2. The van der Waals surface area contributed by atoms with Crippen molar-refractivity contribution < 1.29 is 9.59 Å². The highest BCUT2D eigenvalue weighted by Gasteiger charge is 2.14. The van der Waals surface area contributed by atoms with Gasteiger partial charge in [0.05, 0.1) is 12.2 Å². The number of benzene rings is 2. The molecule has 2 aromatic heterocycles. The first kappa shape index (κ1) is 18.4. The van der Waals surface area contributed by atoms with Crippen molar-refractivity contribution in [1.82, 2.24) is 25.1 Å². The molecule has 0 aliphatic carbocycles. The van der Waals surface area contributed by atoms with Crippen LogP contribution >= 0.6 is 0 Å². The zero-order chi connectivity index (χ0) is 20.2. The summed E-state index contributed by atoms with van der Waals surface area (Å²) in [5.74, 6) is 0.0719. The molecule has 1 amide bonds. The molecule has 0 unspecified atom stereocenters. The van der Waals surface area contributed by atoms with Gasteiger partial charge in [-0.1, -0.05) is 36.4 Å². The van der Waals surface area contributed by atoms with Crippen molar-refractivity contribution in [3.05, 3.63) is 95.8 Å². The summed E-state index contributed by atoms with van der Waals surface area (Å²) < 4.78 is 0. The fraction of sp³-hybridized carbons (Fsp3) is 0.0909. The summed E-state index contributed by atoms with van der Waals surface area (Å²) in [5.41, 5.74) is 3.85. The average molecular weight is 385 g/mol. The Kier molecular flexibility index (Phi) is 5.03. The first-order valence-corrected chi connectivity index (χ1v) is 9.10. The van der Waals surface area contributed by atoms with Gasteiger partial charge in [0.2, 0.25) is 5.78 Å². The molecule has 0 atom stereocenters. The lowest BCUT2D eigenvalue weighted by Gasteiger charge is -2.16. The normalized spacial score (nSPS) is 10.7. The van der Waals surface area contributed by atoms with Crippen LogP contribution in [0.15, 0.2) is 73.2 Å². The van der Waals surface area contributed by atoms with Crippen LogP contribution in [0.4, 0.5) is 0 Å². The number of carbonyl (C=O) groups is 2. The minimum atomic E-state index is -0.161. The predicted molar refractivity (Wildman–Crippen MR) is 108 cm³/mol. The molecule has 0 aliphatic heterocycles. The van der Waals surface area contributed by atoms with Crippen molar-refractivity contribution in [3.63, 3.8) is 0 Å².